The van der Waals surface area contributed by atoms with E-state index in [1.807, 2.05) is 6.07 Å². The van der Waals surface area contributed by atoms with E-state index in [1.54, 1.807) is 26.5 Å². The van der Waals surface area contributed by atoms with Crippen LogP contribution in [0, 0.1) is 0 Å². The van der Waals surface area contributed by atoms with E-state index < -0.39 is 0 Å². The highest BCUT2D eigenvalue weighted by Gasteiger charge is 2.23. The zero-order chi connectivity index (χ0) is 13.4. The number of methoxy groups -OCH3 is 2. The maximum absolute atomic E-state index is 6.14. The van der Waals surface area contributed by atoms with Gasteiger partial charge in [0, 0.05) is 29.4 Å². The van der Waals surface area contributed by atoms with Gasteiger partial charge in [0.1, 0.15) is 5.82 Å². The fraction of sp³-hybridized carbons (Fsp3) is 0.357. The van der Waals surface area contributed by atoms with Gasteiger partial charge in [0.2, 0.25) is 0 Å². The van der Waals surface area contributed by atoms with E-state index in [0.29, 0.717) is 23.2 Å². The van der Waals surface area contributed by atoms with E-state index >= 15 is 0 Å². The first kappa shape index (κ1) is 11.9. The van der Waals surface area contributed by atoms with E-state index in [-0.39, 0.29) is 0 Å². The molecule has 1 saturated carbocycles. The lowest BCUT2D eigenvalue weighted by Gasteiger charge is -2.15. The van der Waals surface area contributed by atoms with Gasteiger partial charge in [0.15, 0.2) is 11.5 Å². The molecule has 1 fully saturated rings. The van der Waals surface area contributed by atoms with Crippen LogP contribution in [0.1, 0.15) is 12.8 Å². The Labute approximate surface area is 111 Å². The number of anilines is 2. The molecule has 0 unspecified atom stereocenters. The molecule has 2 aromatic rings. The average molecular weight is 259 g/mol. The molecule has 0 bridgehead atoms. The monoisotopic (exact) mass is 259 g/mol. The Balaban J connectivity index is 2.24. The molecule has 100 valence electrons. The van der Waals surface area contributed by atoms with Gasteiger partial charge in [-0.2, -0.15) is 0 Å². The second kappa shape index (κ2) is 4.50. The third kappa shape index (κ3) is 2.01. The minimum Gasteiger partial charge on any atom is -0.493 e. The molecule has 0 atom stereocenters. The molecule has 0 spiro atoms. The van der Waals surface area contributed by atoms with Crippen LogP contribution in [0.4, 0.5) is 11.5 Å². The first-order valence-corrected chi connectivity index (χ1v) is 6.30. The molecule has 1 heterocycles. The first-order chi connectivity index (χ1) is 9.24. The van der Waals surface area contributed by atoms with Crippen molar-refractivity contribution in [3.8, 4) is 11.5 Å². The molecule has 5 heteroatoms. The van der Waals surface area contributed by atoms with Gasteiger partial charge in [0.05, 0.1) is 19.6 Å². The summed E-state index contributed by atoms with van der Waals surface area (Å²) in [6.07, 6.45) is 4.13. The number of benzene rings is 1. The molecule has 3 rings (SSSR count). The number of nitrogens with one attached hydrogen (secondary N) is 1. The number of aromatic nitrogens is 1. The highest BCUT2D eigenvalue weighted by Crippen LogP contribution is 2.42. The van der Waals surface area contributed by atoms with E-state index in [1.165, 1.54) is 12.8 Å². The van der Waals surface area contributed by atoms with Crippen molar-refractivity contribution in [2.45, 2.75) is 18.9 Å². The maximum Gasteiger partial charge on any atom is 0.168 e. The molecule has 0 saturated heterocycles. The first-order valence-electron chi connectivity index (χ1n) is 6.30. The van der Waals surface area contributed by atoms with Crippen LogP contribution in [0.5, 0.6) is 11.5 Å². The summed E-state index contributed by atoms with van der Waals surface area (Å²) in [5, 5.41) is 5.21. The zero-order valence-corrected chi connectivity index (χ0v) is 11.1. The predicted octanol–water partition coefficient (Wildman–Crippen LogP) is 2.41. The number of nitrogens with two attached hydrogens (primary N) is 1. The third-order valence-corrected chi connectivity index (χ3v) is 3.34. The fourth-order valence-electron chi connectivity index (χ4n) is 2.25. The van der Waals surface area contributed by atoms with Gasteiger partial charge in [-0.05, 0) is 18.9 Å². The Hall–Kier alpha value is -2.17. The van der Waals surface area contributed by atoms with Crippen molar-refractivity contribution in [2.75, 3.05) is 25.3 Å². The Bertz CT molecular complexity index is 624. The Morgan fingerprint density at radius 2 is 2.11 bits per heavy atom. The molecule has 0 radical (unpaired) electrons. The quantitative estimate of drug-likeness (QED) is 0.825. The molecule has 0 aliphatic heterocycles. The van der Waals surface area contributed by atoms with Crippen molar-refractivity contribution in [1.29, 1.82) is 0 Å². The van der Waals surface area contributed by atoms with Crippen molar-refractivity contribution in [3.05, 3.63) is 18.3 Å². The Morgan fingerprint density at radius 1 is 1.32 bits per heavy atom. The second-order valence-electron chi connectivity index (χ2n) is 4.70. The van der Waals surface area contributed by atoms with Crippen molar-refractivity contribution >= 4 is 22.3 Å². The van der Waals surface area contributed by atoms with E-state index in [9.17, 15) is 0 Å². The van der Waals surface area contributed by atoms with Crippen LogP contribution < -0.4 is 20.5 Å². The molecular weight excluding hydrogens is 242 g/mol. The van der Waals surface area contributed by atoms with Gasteiger partial charge in [-0.25, -0.2) is 4.98 Å². The number of pyridine rings is 1. The predicted molar refractivity (Wildman–Crippen MR) is 75.9 cm³/mol. The van der Waals surface area contributed by atoms with Gasteiger partial charge >= 0.3 is 0 Å². The Morgan fingerprint density at radius 3 is 2.74 bits per heavy atom. The zero-order valence-electron chi connectivity index (χ0n) is 11.1. The van der Waals surface area contributed by atoms with Crippen LogP contribution in [-0.4, -0.2) is 25.2 Å². The number of fused-ring (bicyclic) bond motifs is 1. The van der Waals surface area contributed by atoms with Crippen molar-refractivity contribution in [2.24, 2.45) is 0 Å². The fourth-order valence-corrected chi connectivity index (χ4v) is 2.25. The van der Waals surface area contributed by atoms with Gasteiger partial charge in [-0.3, -0.25) is 0 Å². The van der Waals surface area contributed by atoms with E-state index in [0.717, 1.165) is 16.6 Å². The summed E-state index contributed by atoms with van der Waals surface area (Å²) in [5.41, 5.74) is 6.78. The third-order valence-electron chi connectivity index (χ3n) is 3.34. The second-order valence-corrected chi connectivity index (χ2v) is 4.70. The molecule has 1 aromatic carbocycles. The standard InChI is InChI=1S/C14H17N3O2/c1-18-11-7-10(15)12-9(13(11)19-2)5-6-16-14(12)17-8-3-4-8/h5-8H,3-4,15H2,1-2H3,(H,16,17). The molecule has 19 heavy (non-hydrogen) atoms. The minimum atomic E-state index is 0.519. The van der Waals surface area contributed by atoms with Gasteiger partial charge in [-0.15, -0.1) is 0 Å². The summed E-state index contributed by atoms with van der Waals surface area (Å²) in [7, 11) is 3.23. The number of nitrogen functional groups attached to an aromatic ring is 1. The summed E-state index contributed by atoms with van der Waals surface area (Å²) >= 11 is 0. The van der Waals surface area contributed by atoms with Gasteiger partial charge in [0.25, 0.3) is 0 Å². The summed E-state index contributed by atoms with van der Waals surface area (Å²) in [6, 6.07) is 4.19. The number of ether oxygens (including phenoxy) is 2. The highest BCUT2D eigenvalue weighted by atomic mass is 16.5. The lowest BCUT2D eigenvalue weighted by molar-refractivity contribution is 0.359. The van der Waals surface area contributed by atoms with Crippen molar-refractivity contribution in [3.63, 3.8) is 0 Å². The molecule has 1 aliphatic rings. The smallest absolute Gasteiger partial charge is 0.168 e. The number of rotatable bonds is 4. The lowest BCUT2D eigenvalue weighted by Crippen LogP contribution is -2.05. The van der Waals surface area contributed by atoms with Crippen LogP contribution >= 0.6 is 0 Å². The highest BCUT2D eigenvalue weighted by molar-refractivity contribution is 6.05. The van der Waals surface area contributed by atoms with Crippen LogP contribution in [-0.2, 0) is 0 Å². The van der Waals surface area contributed by atoms with Crippen molar-refractivity contribution < 1.29 is 9.47 Å². The normalized spacial score (nSPS) is 14.4. The van der Waals surface area contributed by atoms with E-state index in [2.05, 4.69) is 10.3 Å². The summed E-state index contributed by atoms with van der Waals surface area (Å²) in [5.74, 6) is 2.14. The van der Waals surface area contributed by atoms with Crippen molar-refractivity contribution in [1.82, 2.24) is 4.98 Å². The summed E-state index contributed by atoms with van der Waals surface area (Å²) in [4.78, 5) is 4.39. The lowest BCUT2D eigenvalue weighted by atomic mass is 10.1. The number of nitrogens with zero attached hydrogens (tertiary/aromatic N) is 1. The summed E-state index contributed by atoms with van der Waals surface area (Å²) < 4.78 is 10.8. The number of hydrogen-bond donors (Lipinski definition) is 2. The minimum absolute atomic E-state index is 0.519. The topological polar surface area (TPSA) is 69.4 Å². The van der Waals surface area contributed by atoms with Gasteiger partial charge in [-0.1, -0.05) is 0 Å². The van der Waals surface area contributed by atoms with Crippen LogP contribution in [0.15, 0.2) is 18.3 Å². The Kier molecular flexibility index (Phi) is 2.81. The SMILES string of the molecule is COc1cc(N)c2c(NC3CC3)nccc2c1OC. The van der Waals surface area contributed by atoms with E-state index in [4.69, 9.17) is 15.2 Å². The molecule has 0 amide bonds. The molecule has 5 nitrogen and oxygen atoms in total. The van der Waals surface area contributed by atoms with Gasteiger partial charge < -0.3 is 20.5 Å². The van der Waals surface area contributed by atoms with Crippen LogP contribution in [0.25, 0.3) is 10.8 Å². The molecule has 1 aliphatic carbocycles. The summed E-state index contributed by atoms with van der Waals surface area (Å²) in [6.45, 7) is 0. The van der Waals surface area contributed by atoms with Crippen LogP contribution in [0.2, 0.25) is 0 Å². The van der Waals surface area contributed by atoms with Crippen LogP contribution in [0.3, 0.4) is 0 Å². The maximum atomic E-state index is 6.14. The largest absolute Gasteiger partial charge is 0.493 e. The molecule has 3 N–H and O–H groups in total. The molecular formula is C14H17N3O2. The average Bonchev–Trinajstić information content (AvgIpc) is 3.22. The molecule has 1 aromatic heterocycles. The number of hydrogen-bond acceptors (Lipinski definition) is 5.